The number of carbonyl (C=O) groups excluding carboxylic acids is 3. The molecular formula is C27H29N5O4S. The molecule has 2 atom stereocenters. The van der Waals surface area contributed by atoms with Crippen molar-refractivity contribution in [3.8, 4) is 0 Å². The van der Waals surface area contributed by atoms with Crippen LogP contribution in [0, 0.1) is 0 Å². The van der Waals surface area contributed by atoms with Gasteiger partial charge in [-0.3, -0.25) is 19.4 Å². The molecule has 2 N–H and O–H groups in total. The summed E-state index contributed by atoms with van der Waals surface area (Å²) in [6.45, 7) is 2.26. The first-order chi connectivity index (χ1) is 18.1. The van der Waals surface area contributed by atoms with E-state index in [9.17, 15) is 14.4 Å². The highest BCUT2D eigenvalue weighted by Crippen LogP contribution is 2.31. The predicted molar refractivity (Wildman–Crippen MR) is 141 cm³/mol. The number of nitrogens with zero attached hydrogens (tertiary/aromatic N) is 3. The smallest absolute Gasteiger partial charge is 0.410 e. The molecule has 0 spiro atoms. The van der Waals surface area contributed by atoms with E-state index in [1.165, 1.54) is 21.1 Å². The van der Waals surface area contributed by atoms with Gasteiger partial charge in [-0.1, -0.05) is 30.3 Å². The highest BCUT2D eigenvalue weighted by Gasteiger charge is 2.39. The summed E-state index contributed by atoms with van der Waals surface area (Å²) in [6, 6.07) is 15.8. The number of hydrogen-bond donors (Lipinski definition) is 2. The first-order valence-electron chi connectivity index (χ1n) is 12.4. The Hall–Kier alpha value is -3.76. The van der Waals surface area contributed by atoms with E-state index < -0.39 is 12.1 Å². The van der Waals surface area contributed by atoms with Crippen LogP contribution < -0.4 is 15.5 Å². The molecule has 0 bridgehead atoms. The van der Waals surface area contributed by atoms with Crippen LogP contribution in [0.1, 0.15) is 35.2 Å². The molecule has 3 heterocycles. The van der Waals surface area contributed by atoms with Gasteiger partial charge in [0.2, 0.25) is 0 Å². The lowest BCUT2D eigenvalue weighted by Gasteiger charge is -2.28. The van der Waals surface area contributed by atoms with Gasteiger partial charge in [-0.15, -0.1) is 11.3 Å². The number of amides is 3. The number of hydrogen-bond acceptors (Lipinski definition) is 7. The Morgan fingerprint density at radius 1 is 1.11 bits per heavy atom. The molecule has 0 radical (unpaired) electrons. The largest absolute Gasteiger partial charge is 0.445 e. The first kappa shape index (κ1) is 24.9. The minimum atomic E-state index is -0.662. The third-order valence-corrected chi connectivity index (χ3v) is 7.35. The number of rotatable bonds is 7. The van der Waals surface area contributed by atoms with Crippen molar-refractivity contribution in [1.82, 2.24) is 20.5 Å². The van der Waals surface area contributed by atoms with Gasteiger partial charge < -0.3 is 15.4 Å². The minimum Gasteiger partial charge on any atom is -0.445 e. The van der Waals surface area contributed by atoms with Gasteiger partial charge in [0.25, 0.3) is 11.8 Å². The SMILES string of the molecule is O=C(NC1CCNC1)c1ccc(N(C(=O)C2CCCN2C(=O)OCc2ccccc2)c2nccs2)cc1. The lowest BCUT2D eigenvalue weighted by molar-refractivity contribution is -0.121. The Labute approximate surface area is 219 Å². The minimum absolute atomic E-state index is 0.121. The Bertz CT molecular complexity index is 1210. The molecule has 2 saturated heterocycles. The van der Waals surface area contributed by atoms with Crippen molar-refractivity contribution in [2.45, 2.75) is 38.0 Å². The van der Waals surface area contributed by atoms with Gasteiger partial charge in [0, 0.05) is 36.3 Å². The summed E-state index contributed by atoms with van der Waals surface area (Å²) >= 11 is 1.34. The lowest BCUT2D eigenvalue weighted by Crippen LogP contribution is -2.46. The third-order valence-electron chi connectivity index (χ3n) is 6.59. The molecule has 0 aliphatic carbocycles. The number of benzene rings is 2. The van der Waals surface area contributed by atoms with Gasteiger partial charge in [0.15, 0.2) is 5.13 Å². The van der Waals surface area contributed by atoms with Crippen molar-refractivity contribution >= 4 is 40.1 Å². The molecule has 10 heteroatoms. The van der Waals surface area contributed by atoms with E-state index in [0.29, 0.717) is 35.8 Å². The predicted octanol–water partition coefficient (Wildman–Crippen LogP) is 3.70. The fourth-order valence-corrected chi connectivity index (χ4v) is 5.33. The van der Waals surface area contributed by atoms with Crippen LogP contribution in [0.5, 0.6) is 0 Å². The summed E-state index contributed by atoms with van der Waals surface area (Å²) in [6.07, 6.45) is 3.28. The fourth-order valence-electron chi connectivity index (χ4n) is 4.66. The standard InChI is InChI=1S/C27H29N5O4S/c33-24(30-21-12-13-28-17-21)20-8-10-22(11-9-20)32(26-29-14-16-37-26)25(34)23-7-4-15-31(23)27(35)36-18-19-5-2-1-3-6-19/h1-3,5-6,8-11,14,16,21,23,28H,4,7,12-13,15,17-18H2,(H,30,33). The van der Waals surface area contributed by atoms with E-state index in [4.69, 9.17) is 4.74 Å². The second-order valence-electron chi connectivity index (χ2n) is 9.09. The van der Waals surface area contributed by atoms with E-state index >= 15 is 0 Å². The van der Waals surface area contributed by atoms with Crippen LogP contribution in [0.4, 0.5) is 15.6 Å². The van der Waals surface area contributed by atoms with Crippen LogP contribution in [-0.4, -0.2) is 59.5 Å². The Kier molecular flexibility index (Phi) is 7.76. The second-order valence-corrected chi connectivity index (χ2v) is 9.96. The average molecular weight is 520 g/mol. The summed E-state index contributed by atoms with van der Waals surface area (Å²) in [7, 11) is 0. The quantitative estimate of drug-likeness (QED) is 0.493. The number of likely N-dealkylation sites (tertiary alicyclic amines) is 1. The number of ether oxygens (including phenoxy) is 1. The van der Waals surface area contributed by atoms with Gasteiger partial charge in [-0.25, -0.2) is 9.78 Å². The van der Waals surface area contributed by atoms with Crippen molar-refractivity contribution in [2.75, 3.05) is 24.5 Å². The second kappa shape index (κ2) is 11.5. The van der Waals surface area contributed by atoms with Crippen LogP contribution in [0.15, 0.2) is 66.2 Å². The van der Waals surface area contributed by atoms with Crippen molar-refractivity contribution in [3.63, 3.8) is 0 Å². The number of nitrogens with one attached hydrogen (secondary N) is 2. The van der Waals surface area contributed by atoms with E-state index in [2.05, 4.69) is 15.6 Å². The fraction of sp³-hybridized carbons (Fsp3) is 0.333. The van der Waals surface area contributed by atoms with Gasteiger partial charge in [-0.2, -0.15) is 0 Å². The Balaban J connectivity index is 1.31. The molecule has 192 valence electrons. The van der Waals surface area contributed by atoms with Gasteiger partial charge in [0.05, 0.1) is 5.69 Å². The van der Waals surface area contributed by atoms with Crippen LogP contribution in [0.25, 0.3) is 0 Å². The normalized spacial score (nSPS) is 19.0. The van der Waals surface area contributed by atoms with E-state index in [1.54, 1.807) is 35.8 Å². The molecule has 9 nitrogen and oxygen atoms in total. The summed E-state index contributed by atoms with van der Waals surface area (Å²) in [5, 5.41) is 8.57. The highest BCUT2D eigenvalue weighted by atomic mass is 32.1. The van der Waals surface area contributed by atoms with Gasteiger partial charge >= 0.3 is 6.09 Å². The number of anilines is 2. The molecule has 2 unspecified atom stereocenters. The molecule has 2 aliphatic heterocycles. The maximum atomic E-state index is 13.8. The van der Waals surface area contributed by atoms with E-state index in [0.717, 1.165) is 25.1 Å². The first-order valence-corrected chi connectivity index (χ1v) is 13.3. The van der Waals surface area contributed by atoms with E-state index in [1.807, 2.05) is 30.3 Å². The summed E-state index contributed by atoms with van der Waals surface area (Å²) in [5.74, 6) is -0.395. The number of aromatic nitrogens is 1. The van der Waals surface area contributed by atoms with Crippen molar-refractivity contribution < 1.29 is 19.1 Å². The molecule has 3 aromatic rings. The van der Waals surface area contributed by atoms with Crippen LogP contribution in [-0.2, 0) is 16.1 Å². The molecule has 2 aliphatic rings. The number of carbonyl (C=O) groups is 3. The number of thiazole rings is 1. The zero-order valence-corrected chi connectivity index (χ0v) is 21.2. The van der Waals surface area contributed by atoms with Crippen molar-refractivity contribution in [1.29, 1.82) is 0 Å². The summed E-state index contributed by atoms with van der Waals surface area (Å²) in [4.78, 5) is 46.8. The summed E-state index contributed by atoms with van der Waals surface area (Å²) < 4.78 is 5.52. The highest BCUT2D eigenvalue weighted by molar-refractivity contribution is 7.13. The van der Waals surface area contributed by atoms with Gasteiger partial charge in [0.1, 0.15) is 12.6 Å². The van der Waals surface area contributed by atoms with Crippen LogP contribution in [0.3, 0.4) is 0 Å². The molecule has 2 aromatic carbocycles. The Morgan fingerprint density at radius 3 is 2.62 bits per heavy atom. The molecular weight excluding hydrogens is 490 g/mol. The van der Waals surface area contributed by atoms with Crippen molar-refractivity contribution in [2.24, 2.45) is 0 Å². The Morgan fingerprint density at radius 2 is 1.92 bits per heavy atom. The maximum Gasteiger partial charge on any atom is 0.410 e. The monoisotopic (exact) mass is 519 g/mol. The molecule has 5 rings (SSSR count). The lowest BCUT2D eigenvalue weighted by atomic mass is 10.1. The molecule has 1 aromatic heterocycles. The zero-order valence-electron chi connectivity index (χ0n) is 20.3. The molecule has 2 fully saturated rings. The van der Waals surface area contributed by atoms with E-state index in [-0.39, 0.29) is 24.5 Å². The molecule has 0 saturated carbocycles. The molecule has 37 heavy (non-hydrogen) atoms. The van der Waals surface area contributed by atoms with Gasteiger partial charge in [-0.05, 0) is 55.6 Å². The zero-order chi connectivity index (χ0) is 25.6. The molecule has 3 amide bonds. The average Bonchev–Trinajstić information content (AvgIpc) is 3.72. The summed E-state index contributed by atoms with van der Waals surface area (Å²) in [5.41, 5.74) is 1.99. The topological polar surface area (TPSA) is 104 Å². The van der Waals surface area contributed by atoms with Crippen LogP contribution in [0.2, 0.25) is 0 Å². The van der Waals surface area contributed by atoms with Crippen LogP contribution >= 0.6 is 11.3 Å². The third kappa shape index (κ3) is 5.81. The van der Waals surface area contributed by atoms with Crippen molar-refractivity contribution in [3.05, 3.63) is 77.3 Å². The maximum absolute atomic E-state index is 13.8.